The number of anilines is 1. The minimum atomic E-state index is -0.719. The third-order valence-corrected chi connectivity index (χ3v) is 4.25. The van der Waals surface area contributed by atoms with Gasteiger partial charge in [-0.05, 0) is 48.9 Å². The van der Waals surface area contributed by atoms with Crippen molar-refractivity contribution in [1.29, 1.82) is 5.26 Å². The Morgan fingerprint density at radius 1 is 1.22 bits per heavy atom. The lowest BCUT2D eigenvalue weighted by molar-refractivity contribution is -0.144. The van der Waals surface area contributed by atoms with Crippen LogP contribution >= 0.6 is 11.8 Å². The van der Waals surface area contributed by atoms with E-state index in [1.54, 1.807) is 24.3 Å². The van der Waals surface area contributed by atoms with Crippen molar-refractivity contribution in [1.82, 2.24) is 4.90 Å². The van der Waals surface area contributed by atoms with Gasteiger partial charge in [-0.25, -0.2) is 0 Å². The summed E-state index contributed by atoms with van der Waals surface area (Å²) in [6, 6.07) is 6.63. The fourth-order valence-corrected chi connectivity index (χ4v) is 2.73. The Labute approximate surface area is 137 Å². The fraction of sp³-hybridized carbons (Fsp3) is 0.333. The maximum atomic E-state index is 12.1. The van der Waals surface area contributed by atoms with E-state index < -0.39 is 11.8 Å². The zero-order chi connectivity index (χ0) is 16.8. The molecular formula is C15H16N4O3S. The molecule has 0 bridgehead atoms. The Kier molecular flexibility index (Phi) is 5.60. The van der Waals surface area contributed by atoms with Gasteiger partial charge in [-0.1, -0.05) is 0 Å². The van der Waals surface area contributed by atoms with Crippen LogP contribution < -0.4 is 11.1 Å². The van der Waals surface area contributed by atoms with Gasteiger partial charge in [-0.3, -0.25) is 14.4 Å². The summed E-state index contributed by atoms with van der Waals surface area (Å²) in [5, 5.41) is 13.0. The van der Waals surface area contributed by atoms with E-state index >= 15 is 0 Å². The molecule has 0 spiro atoms. The molecule has 23 heavy (non-hydrogen) atoms. The number of carbonyl (C=O) groups is 3. The zero-order valence-corrected chi connectivity index (χ0v) is 13.1. The van der Waals surface area contributed by atoms with Gasteiger partial charge in [-0.15, -0.1) is 0 Å². The monoisotopic (exact) mass is 332 g/mol. The lowest BCUT2D eigenvalue weighted by Crippen LogP contribution is -2.46. The SMILES string of the molecule is N#CSc1ccc(NC(=O)C(=O)N2CCC(C(N)=O)CC2)cc1. The van der Waals surface area contributed by atoms with Crippen molar-refractivity contribution in [3.63, 3.8) is 0 Å². The van der Waals surface area contributed by atoms with Gasteiger partial charge in [0, 0.05) is 29.6 Å². The number of hydrogen-bond acceptors (Lipinski definition) is 5. The molecule has 1 aliphatic heterocycles. The van der Waals surface area contributed by atoms with E-state index in [4.69, 9.17) is 11.0 Å². The highest BCUT2D eigenvalue weighted by atomic mass is 32.2. The van der Waals surface area contributed by atoms with Crippen LogP contribution in [0.15, 0.2) is 29.2 Å². The Balaban J connectivity index is 1.89. The predicted octanol–water partition coefficient (Wildman–Crippen LogP) is 0.922. The summed E-state index contributed by atoms with van der Waals surface area (Å²) in [6.07, 6.45) is 0.961. The normalized spacial score (nSPS) is 14.8. The van der Waals surface area contributed by atoms with E-state index in [0.717, 1.165) is 16.7 Å². The minimum Gasteiger partial charge on any atom is -0.369 e. The van der Waals surface area contributed by atoms with Crippen molar-refractivity contribution in [2.24, 2.45) is 11.7 Å². The number of nitrogens with two attached hydrogens (primary N) is 1. The first-order valence-electron chi connectivity index (χ1n) is 7.07. The van der Waals surface area contributed by atoms with Gasteiger partial charge in [0.1, 0.15) is 5.40 Å². The molecule has 0 radical (unpaired) electrons. The number of thioether (sulfide) groups is 1. The summed E-state index contributed by atoms with van der Waals surface area (Å²) in [5.74, 6) is -1.93. The van der Waals surface area contributed by atoms with Crippen LogP contribution in [0.4, 0.5) is 5.69 Å². The Hall–Kier alpha value is -2.53. The number of amides is 3. The molecule has 1 aromatic rings. The number of likely N-dealkylation sites (tertiary alicyclic amines) is 1. The number of piperidine rings is 1. The largest absolute Gasteiger partial charge is 0.369 e. The van der Waals surface area contributed by atoms with Crippen LogP contribution in [0.2, 0.25) is 0 Å². The van der Waals surface area contributed by atoms with Gasteiger partial charge >= 0.3 is 11.8 Å². The molecule has 0 atom stereocenters. The molecule has 1 heterocycles. The molecule has 1 saturated heterocycles. The lowest BCUT2D eigenvalue weighted by Gasteiger charge is -2.29. The van der Waals surface area contributed by atoms with E-state index in [9.17, 15) is 14.4 Å². The van der Waals surface area contributed by atoms with Gasteiger partial charge in [-0.2, -0.15) is 5.26 Å². The molecule has 1 fully saturated rings. The highest BCUT2D eigenvalue weighted by Gasteiger charge is 2.29. The average Bonchev–Trinajstić information content (AvgIpc) is 2.56. The summed E-state index contributed by atoms with van der Waals surface area (Å²) in [4.78, 5) is 37.4. The molecule has 0 aliphatic carbocycles. The van der Waals surface area contributed by atoms with E-state index in [2.05, 4.69) is 5.32 Å². The predicted molar refractivity (Wildman–Crippen MR) is 85.0 cm³/mol. The summed E-state index contributed by atoms with van der Waals surface area (Å²) in [7, 11) is 0. The Morgan fingerprint density at radius 2 is 1.83 bits per heavy atom. The average molecular weight is 332 g/mol. The molecule has 0 aromatic heterocycles. The van der Waals surface area contributed by atoms with Crippen LogP contribution in [0.5, 0.6) is 0 Å². The fourth-order valence-electron chi connectivity index (χ4n) is 2.35. The van der Waals surface area contributed by atoms with Crippen LogP contribution in [0.1, 0.15) is 12.8 Å². The first-order valence-corrected chi connectivity index (χ1v) is 7.88. The summed E-state index contributed by atoms with van der Waals surface area (Å²) in [5.41, 5.74) is 5.72. The van der Waals surface area contributed by atoms with Crippen molar-refractivity contribution < 1.29 is 14.4 Å². The van der Waals surface area contributed by atoms with Gasteiger partial charge in [0.25, 0.3) is 0 Å². The quantitative estimate of drug-likeness (QED) is 0.485. The van der Waals surface area contributed by atoms with E-state index in [1.165, 1.54) is 4.90 Å². The molecule has 3 amide bonds. The minimum absolute atomic E-state index is 0.229. The molecule has 8 heteroatoms. The second kappa shape index (κ2) is 7.65. The molecule has 0 saturated carbocycles. The molecule has 2 rings (SSSR count). The van der Waals surface area contributed by atoms with E-state index in [0.29, 0.717) is 31.6 Å². The van der Waals surface area contributed by atoms with Crippen LogP contribution in [0.3, 0.4) is 0 Å². The summed E-state index contributed by atoms with van der Waals surface area (Å²) in [6.45, 7) is 0.690. The van der Waals surface area contributed by atoms with Crippen molar-refractivity contribution in [2.45, 2.75) is 17.7 Å². The topological polar surface area (TPSA) is 116 Å². The van der Waals surface area contributed by atoms with Gasteiger partial charge < -0.3 is 16.0 Å². The molecule has 120 valence electrons. The number of primary amides is 1. The molecule has 1 aliphatic rings. The third kappa shape index (κ3) is 4.47. The lowest BCUT2D eigenvalue weighted by atomic mass is 9.96. The van der Waals surface area contributed by atoms with E-state index in [-0.39, 0.29) is 11.8 Å². The zero-order valence-electron chi connectivity index (χ0n) is 12.3. The maximum Gasteiger partial charge on any atom is 0.313 e. The van der Waals surface area contributed by atoms with Crippen LogP contribution in [-0.2, 0) is 14.4 Å². The number of carbonyl (C=O) groups excluding carboxylic acids is 3. The molecule has 3 N–H and O–H groups in total. The highest BCUT2D eigenvalue weighted by molar-refractivity contribution is 8.03. The number of nitriles is 1. The van der Waals surface area contributed by atoms with Gasteiger partial charge in [0.2, 0.25) is 5.91 Å². The van der Waals surface area contributed by atoms with Crippen molar-refractivity contribution in [2.75, 3.05) is 18.4 Å². The number of thiocyanates is 1. The Morgan fingerprint density at radius 3 is 2.35 bits per heavy atom. The van der Waals surface area contributed by atoms with Crippen LogP contribution in [0.25, 0.3) is 0 Å². The van der Waals surface area contributed by atoms with Crippen LogP contribution in [-0.4, -0.2) is 35.7 Å². The molecular weight excluding hydrogens is 316 g/mol. The third-order valence-electron chi connectivity index (χ3n) is 3.65. The number of hydrogen-bond donors (Lipinski definition) is 2. The molecule has 0 unspecified atom stereocenters. The highest BCUT2D eigenvalue weighted by Crippen LogP contribution is 2.20. The summed E-state index contributed by atoms with van der Waals surface area (Å²) >= 11 is 1.01. The Bertz CT molecular complexity index is 646. The number of benzene rings is 1. The van der Waals surface area contributed by atoms with Crippen molar-refractivity contribution in [3.05, 3.63) is 24.3 Å². The number of nitrogens with zero attached hydrogens (tertiary/aromatic N) is 2. The van der Waals surface area contributed by atoms with E-state index in [1.807, 2.05) is 5.40 Å². The number of nitrogens with one attached hydrogen (secondary N) is 1. The van der Waals surface area contributed by atoms with Crippen molar-refractivity contribution in [3.8, 4) is 5.40 Å². The smallest absolute Gasteiger partial charge is 0.313 e. The summed E-state index contributed by atoms with van der Waals surface area (Å²) < 4.78 is 0. The molecule has 1 aromatic carbocycles. The first-order chi connectivity index (χ1) is 11.0. The first kappa shape index (κ1) is 16.8. The number of rotatable bonds is 3. The molecule has 7 nitrogen and oxygen atoms in total. The second-order valence-electron chi connectivity index (χ2n) is 5.14. The van der Waals surface area contributed by atoms with Crippen molar-refractivity contribution >= 4 is 35.2 Å². The van der Waals surface area contributed by atoms with Crippen LogP contribution in [0, 0.1) is 16.6 Å². The maximum absolute atomic E-state index is 12.1. The van der Waals surface area contributed by atoms with Gasteiger partial charge in [0.15, 0.2) is 0 Å². The standard InChI is InChI=1S/C15H16N4O3S/c16-9-23-12-3-1-11(2-4-12)18-14(21)15(22)19-7-5-10(6-8-19)13(17)20/h1-4,10H,5-8H2,(H2,17,20)(H,18,21). The van der Waals surface area contributed by atoms with Gasteiger partial charge in [0.05, 0.1) is 0 Å². The second-order valence-corrected chi connectivity index (χ2v) is 6.00.